The molecule has 12 aromatic rings. The average molecular weight is 1320 g/mol. The van der Waals surface area contributed by atoms with Gasteiger partial charge in [-0.15, -0.1) is 0 Å². The standard InChI is InChI=1S/C101H106/c1-74-63-92(82-35-15-5-16-36-82)66-95(85-41-21-8-22-42-85)69-96(86-43-23-9-24-44-86)67-94(84-39-19-7-20-40-84)65-76(3)80-59-61-81(62-60-80)77(4)101(91-53-33-14-34-54-91)73-100(90-51-31-13-32-52-90)72-99(89-49-29-12-30-50-89)71-98(88-47-27-11-28-48-88)70-97(87-45-25-10-26-46-87)68-93(83-37-17-6-18-38-83)64-75(2)79-57-55-78(74)56-58-79/h5-62,74-77,92-101H,63-73H2,1-4H3. The predicted molar refractivity (Wildman–Crippen MR) is 429 cm³/mol. The quantitative estimate of drug-likeness (QED) is 0.128. The number of hydrogen-bond donors (Lipinski definition) is 0. The van der Waals surface area contributed by atoms with E-state index in [-0.39, 0.29) is 11.8 Å². The Morgan fingerprint density at radius 2 is 0.287 bits per heavy atom. The summed E-state index contributed by atoms with van der Waals surface area (Å²) >= 11 is 0. The predicted octanol–water partition coefficient (Wildman–Crippen LogP) is 27.9. The molecule has 0 saturated carbocycles. The van der Waals surface area contributed by atoms with Gasteiger partial charge in [0.1, 0.15) is 0 Å². The highest BCUT2D eigenvalue weighted by molar-refractivity contribution is 5.38. The molecule has 4 bridgehead atoms. The summed E-state index contributed by atoms with van der Waals surface area (Å²) in [7, 11) is 0. The van der Waals surface area contributed by atoms with Crippen LogP contribution >= 0.6 is 0 Å². The molecule has 4 aliphatic rings. The van der Waals surface area contributed by atoms with Crippen molar-refractivity contribution in [1.29, 1.82) is 0 Å². The van der Waals surface area contributed by atoms with E-state index >= 15 is 0 Å². The first-order valence-electron chi connectivity index (χ1n) is 38.4. The van der Waals surface area contributed by atoms with E-state index in [1.807, 2.05) is 0 Å². The summed E-state index contributed by atoms with van der Waals surface area (Å²) in [6.45, 7) is 10.0. The SMILES string of the molecule is CC1CC(c2ccccc2)CC(c2ccccc2)CC(c2ccccc2)CC(c2ccccc2)CC(C)c2ccc(cc2)C(C)C(c2ccccc2)CC(c2ccccc2)CC(c2ccccc2)CC(c2ccccc2)CC(c2ccccc2)CC(c2ccccc2)CC(C)c2ccc1cc2. The molecule has 0 saturated heterocycles. The molecule has 12 aromatic carbocycles. The maximum absolute atomic E-state index is 2.52. The van der Waals surface area contributed by atoms with Gasteiger partial charge >= 0.3 is 0 Å². The van der Waals surface area contributed by atoms with E-state index in [2.05, 4.69) is 380 Å². The smallest absolute Gasteiger partial charge is 0.00899 e. The molecule has 14 atom stereocenters. The second kappa shape index (κ2) is 35.3. The van der Waals surface area contributed by atoms with Crippen molar-refractivity contribution in [3.8, 4) is 0 Å². The third kappa shape index (κ3) is 18.8. The fourth-order valence-electron chi connectivity index (χ4n) is 18.1. The van der Waals surface area contributed by atoms with E-state index < -0.39 is 0 Å². The Morgan fingerprint density at radius 3 is 0.475 bits per heavy atom. The summed E-state index contributed by atoms with van der Waals surface area (Å²) < 4.78 is 0. The van der Waals surface area contributed by atoms with Crippen molar-refractivity contribution in [3.63, 3.8) is 0 Å². The van der Waals surface area contributed by atoms with Gasteiger partial charge in [0.25, 0.3) is 0 Å². The van der Waals surface area contributed by atoms with E-state index in [1.165, 1.54) is 77.9 Å². The van der Waals surface area contributed by atoms with E-state index in [1.54, 1.807) is 0 Å². The normalized spacial score (nSPS) is 24.8. The molecular weight excluding hydrogens is 1210 g/mol. The molecule has 0 heteroatoms. The van der Waals surface area contributed by atoms with Crippen LogP contribution in [0.3, 0.4) is 0 Å². The first-order chi connectivity index (χ1) is 49.7. The van der Waals surface area contributed by atoms with Gasteiger partial charge in [-0.3, -0.25) is 0 Å². The first-order valence-corrected chi connectivity index (χ1v) is 38.4. The topological polar surface area (TPSA) is 0 Å². The molecule has 4 aliphatic carbocycles. The van der Waals surface area contributed by atoms with Gasteiger partial charge in [0.05, 0.1) is 0 Å². The molecule has 0 N–H and O–H groups in total. The van der Waals surface area contributed by atoms with Crippen molar-refractivity contribution in [3.05, 3.63) is 430 Å². The zero-order valence-corrected chi connectivity index (χ0v) is 60.3. The Labute approximate surface area is 607 Å². The van der Waals surface area contributed by atoms with Crippen LogP contribution in [0.15, 0.2) is 352 Å². The van der Waals surface area contributed by atoms with Gasteiger partial charge in [-0.1, -0.05) is 380 Å². The van der Waals surface area contributed by atoms with Crippen LogP contribution in [0.2, 0.25) is 0 Å². The van der Waals surface area contributed by atoms with Crippen molar-refractivity contribution in [2.75, 3.05) is 0 Å². The highest BCUT2D eigenvalue weighted by Gasteiger charge is 2.34. The second-order valence-electron chi connectivity index (χ2n) is 30.4. The van der Waals surface area contributed by atoms with Crippen LogP contribution in [0.25, 0.3) is 0 Å². The zero-order valence-electron chi connectivity index (χ0n) is 60.3. The Morgan fingerprint density at radius 1 is 0.139 bits per heavy atom. The molecule has 0 spiro atoms. The molecule has 0 heterocycles. The van der Waals surface area contributed by atoms with Crippen LogP contribution in [0.5, 0.6) is 0 Å². The lowest BCUT2D eigenvalue weighted by Crippen LogP contribution is -2.18. The van der Waals surface area contributed by atoms with Gasteiger partial charge < -0.3 is 0 Å². The summed E-state index contributed by atoms with van der Waals surface area (Å²) in [5, 5.41) is 0. The van der Waals surface area contributed by atoms with Gasteiger partial charge in [-0.25, -0.2) is 0 Å². The number of rotatable bonds is 10. The fourth-order valence-corrected chi connectivity index (χ4v) is 18.1. The van der Waals surface area contributed by atoms with Gasteiger partial charge in [0, 0.05) is 0 Å². The molecule has 0 amide bonds. The third-order valence-electron chi connectivity index (χ3n) is 23.8. The second-order valence-corrected chi connectivity index (χ2v) is 30.4. The highest BCUT2D eigenvalue weighted by atomic mass is 14.4. The van der Waals surface area contributed by atoms with Crippen LogP contribution in [0.4, 0.5) is 0 Å². The average Bonchev–Trinajstić information content (AvgIpc) is 0.829. The molecule has 0 aliphatic heterocycles. The van der Waals surface area contributed by atoms with Crippen molar-refractivity contribution in [2.45, 2.75) is 181 Å². The van der Waals surface area contributed by atoms with Gasteiger partial charge in [0.15, 0.2) is 0 Å². The fraction of sp³-hybridized carbons (Fsp3) is 0.287. The Balaban J connectivity index is 0.915. The van der Waals surface area contributed by atoms with Crippen LogP contribution in [0.1, 0.15) is 259 Å². The zero-order chi connectivity index (χ0) is 69.0. The summed E-state index contributed by atoms with van der Waals surface area (Å²) in [4.78, 5) is 0. The van der Waals surface area contributed by atoms with Crippen molar-refractivity contribution in [1.82, 2.24) is 0 Å². The summed E-state index contributed by atoms with van der Waals surface area (Å²) in [5.41, 5.74) is 20.2. The Kier molecular flexibility index (Phi) is 24.5. The van der Waals surface area contributed by atoms with Crippen LogP contribution < -0.4 is 0 Å². The van der Waals surface area contributed by atoms with Gasteiger partial charge in [-0.05, 0) is 231 Å². The van der Waals surface area contributed by atoms with Crippen LogP contribution in [-0.4, -0.2) is 0 Å². The molecule has 0 fully saturated rings. The van der Waals surface area contributed by atoms with E-state index in [9.17, 15) is 0 Å². The number of hydrogen-bond acceptors (Lipinski definition) is 0. The molecule has 14 unspecified atom stereocenters. The van der Waals surface area contributed by atoms with Crippen LogP contribution in [-0.2, 0) is 0 Å². The maximum Gasteiger partial charge on any atom is -0.00899 e. The van der Waals surface area contributed by atoms with Crippen molar-refractivity contribution in [2.24, 2.45) is 0 Å². The lowest BCUT2D eigenvalue weighted by Gasteiger charge is -2.34. The summed E-state index contributed by atoms with van der Waals surface area (Å²) in [5.74, 6) is 4.64. The largest absolute Gasteiger partial charge is 0.0622 e. The molecule has 16 rings (SSSR count). The Bertz CT molecular complexity index is 4280. The molecule has 0 aromatic heterocycles. The Hall–Kier alpha value is -9.36. The summed E-state index contributed by atoms with van der Waals surface area (Å²) in [6, 6.07) is 136. The molecule has 0 nitrogen and oxygen atoms in total. The van der Waals surface area contributed by atoms with E-state index in [0.29, 0.717) is 71.0 Å². The molecule has 0 radical (unpaired) electrons. The molecule has 101 heavy (non-hydrogen) atoms. The van der Waals surface area contributed by atoms with E-state index in [4.69, 9.17) is 0 Å². The molecular formula is C101H106. The highest BCUT2D eigenvalue weighted by Crippen LogP contribution is 2.51. The lowest BCUT2D eigenvalue weighted by atomic mass is 9.70. The van der Waals surface area contributed by atoms with E-state index in [0.717, 1.165) is 70.6 Å². The third-order valence-corrected chi connectivity index (χ3v) is 23.8. The number of benzene rings is 12. The lowest BCUT2D eigenvalue weighted by molar-refractivity contribution is 0.378. The van der Waals surface area contributed by atoms with Crippen molar-refractivity contribution < 1.29 is 0 Å². The minimum absolute atomic E-state index is 0.274. The first kappa shape index (κ1) is 70.1. The monoisotopic (exact) mass is 1320 g/mol. The maximum atomic E-state index is 2.52. The minimum Gasteiger partial charge on any atom is -0.0622 e. The van der Waals surface area contributed by atoms with Gasteiger partial charge in [0.2, 0.25) is 0 Å². The van der Waals surface area contributed by atoms with Crippen LogP contribution in [0, 0.1) is 0 Å². The summed E-state index contributed by atoms with van der Waals surface area (Å²) in [6.07, 6.45) is 11.7. The minimum atomic E-state index is 0.274. The van der Waals surface area contributed by atoms with Gasteiger partial charge in [-0.2, -0.15) is 0 Å². The molecule has 510 valence electrons. The van der Waals surface area contributed by atoms with Crippen molar-refractivity contribution >= 4 is 0 Å².